The van der Waals surface area contributed by atoms with Gasteiger partial charge in [0.2, 0.25) is 0 Å². The van der Waals surface area contributed by atoms with Crippen LogP contribution < -0.4 is 10.6 Å². The van der Waals surface area contributed by atoms with Gasteiger partial charge in [0.25, 0.3) is 0 Å². The number of hydrogen-bond acceptors (Lipinski definition) is 1. The van der Waals surface area contributed by atoms with Gasteiger partial charge in [0.1, 0.15) is 0 Å². The lowest BCUT2D eigenvalue weighted by atomic mass is 10.1. The Bertz CT molecular complexity index is 555. The van der Waals surface area contributed by atoms with Gasteiger partial charge in [-0.2, -0.15) is 0 Å². The van der Waals surface area contributed by atoms with Gasteiger partial charge >= 0.3 is 0 Å². The Balaban J connectivity index is 1.60. The molecule has 0 amide bonds. The fourth-order valence-electron chi connectivity index (χ4n) is 2.00. The van der Waals surface area contributed by atoms with Crippen molar-refractivity contribution in [1.29, 1.82) is 0 Å². The molecule has 0 heterocycles. The van der Waals surface area contributed by atoms with Gasteiger partial charge in [-0.05, 0) is 48.3 Å². The van der Waals surface area contributed by atoms with Crippen LogP contribution in [0.1, 0.15) is 11.1 Å². The Labute approximate surface area is 136 Å². The van der Waals surface area contributed by atoms with Crippen molar-refractivity contribution in [2.75, 3.05) is 13.1 Å². The molecule has 0 aliphatic carbocycles. The Morgan fingerprint density at radius 3 is 1.90 bits per heavy atom. The summed E-state index contributed by atoms with van der Waals surface area (Å²) in [7, 11) is 0. The molecule has 0 saturated heterocycles. The lowest BCUT2D eigenvalue weighted by Gasteiger charge is -2.10. The topological polar surface area (TPSA) is 24.1 Å². The monoisotopic (exact) mass is 318 g/mol. The molecule has 0 fully saturated rings. The van der Waals surface area contributed by atoms with Crippen molar-refractivity contribution in [1.82, 2.24) is 10.6 Å². The van der Waals surface area contributed by atoms with Crippen molar-refractivity contribution in [2.45, 2.75) is 12.8 Å². The van der Waals surface area contributed by atoms with E-state index in [2.05, 4.69) is 34.9 Å². The maximum absolute atomic E-state index is 5.86. The quantitative estimate of drug-likeness (QED) is 0.796. The summed E-state index contributed by atoms with van der Waals surface area (Å²) >= 11 is 11.1. The van der Waals surface area contributed by atoms with Crippen LogP contribution in [0.2, 0.25) is 5.02 Å². The van der Waals surface area contributed by atoms with Gasteiger partial charge in [-0.15, -0.1) is 0 Å². The number of benzene rings is 2. The summed E-state index contributed by atoms with van der Waals surface area (Å²) in [6.45, 7) is 1.66. The third kappa shape index (κ3) is 6.15. The number of hydrogen-bond donors (Lipinski definition) is 2. The average molecular weight is 319 g/mol. The Morgan fingerprint density at radius 2 is 1.33 bits per heavy atom. The second-order valence-corrected chi connectivity index (χ2v) is 5.64. The molecule has 2 aromatic rings. The molecule has 110 valence electrons. The summed E-state index contributed by atoms with van der Waals surface area (Å²) in [6.07, 6.45) is 1.90. The zero-order valence-corrected chi connectivity index (χ0v) is 13.4. The molecule has 0 radical (unpaired) electrons. The van der Waals surface area contributed by atoms with Crippen LogP contribution in [0.3, 0.4) is 0 Å². The first-order valence-electron chi connectivity index (χ1n) is 7.04. The third-order valence-corrected chi connectivity index (χ3v) is 3.70. The van der Waals surface area contributed by atoms with Gasteiger partial charge < -0.3 is 10.6 Å². The highest BCUT2D eigenvalue weighted by Crippen LogP contribution is 2.09. The highest BCUT2D eigenvalue weighted by Gasteiger charge is 1.97. The van der Waals surface area contributed by atoms with Crippen LogP contribution in [-0.4, -0.2) is 18.2 Å². The van der Waals surface area contributed by atoms with Gasteiger partial charge in [0, 0.05) is 18.1 Å². The predicted molar refractivity (Wildman–Crippen MR) is 93.9 cm³/mol. The summed E-state index contributed by atoms with van der Waals surface area (Å²) in [5, 5.41) is 7.92. The number of thiocarbonyl (C=S) groups is 1. The zero-order chi connectivity index (χ0) is 14.9. The normalized spacial score (nSPS) is 10.1. The molecular formula is C17H19ClN2S. The molecule has 4 heteroatoms. The summed E-state index contributed by atoms with van der Waals surface area (Å²) in [5.74, 6) is 0. The van der Waals surface area contributed by atoms with Gasteiger partial charge in [0.05, 0.1) is 0 Å². The molecule has 0 bridgehead atoms. The van der Waals surface area contributed by atoms with E-state index in [1.807, 2.05) is 30.3 Å². The highest BCUT2D eigenvalue weighted by molar-refractivity contribution is 7.80. The van der Waals surface area contributed by atoms with E-state index in [4.69, 9.17) is 23.8 Å². The minimum Gasteiger partial charge on any atom is -0.362 e. The van der Waals surface area contributed by atoms with Crippen molar-refractivity contribution in [3.8, 4) is 0 Å². The molecule has 2 rings (SSSR count). The number of halogens is 1. The van der Waals surface area contributed by atoms with E-state index in [0.717, 1.165) is 31.0 Å². The van der Waals surface area contributed by atoms with Crippen molar-refractivity contribution in [3.63, 3.8) is 0 Å². The van der Waals surface area contributed by atoms with E-state index in [0.29, 0.717) is 5.11 Å². The van der Waals surface area contributed by atoms with E-state index in [1.165, 1.54) is 11.1 Å². The van der Waals surface area contributed by atoms with E-state index >= 15 is 0 Å². The molecule has 0 unspecified atom stereocenters. The molecule has 2 aromatic carbocycles. The standard InChI is InChI=1S/C17H19ClN2S/c18-16-8-6-15(7-9-16)11-13-20-17(21)19-12-10-14-4-2-1-3-5-14/h1-9H,10-13H2,(H2,19,20,21). The van der Waals surface area contributed by atoms with Crippen LogP contribution in [0.15, 0.2) is 54.6 Å². The van der Waals surface area contributed by atoms with E-state index in [-0.39, 0.29) is 0 Å². The first-order valence-corrected chi connectivity index (χ1v) is 7.83. The largest absolute Gasteiger partial charge is 0.362 e. The van der Waals surface area contributed by atoms with Crippen LogP contribution in [0, 0.1) is 0 Å². The fraction of sp³-hybridized carbons (Fsp3) is 0.235. The second kappa shape index (κ2) is 8.65. The maximum Gasteiger partial charge on any atom is 0.166 e. The van der Waals surface area contributed by atoms with Crippen LogP contribution in [0.25, 0.3) is 0 Å². The van der Waals surface area contributed by atoms with Crippen molar-refractivity contribution < 1.29 is 0 Å². The first kappa shape index (κ1) is 15.8. The number of rotatable bonds is 6. The highest BCUT2D eigenvalue weighted by atomic mass is 35.5. The SMILES string of the molecule is S=C(NCCc1ccccc1)NCCc1ccc(Cl)cc1. The van der Waals surface area contributed by atoms with Crippen LogP contribution in [0.4, 0.5) is 0 Å². The minimum atomic E-state index is 0.708. The molecular weight excluding hydrogens is 300 g/mol. The molecule has 21 heavy (non-hydrogen) atoms. The smallest absolute Gasteiger partial charge is 0.166 e. The van der Waals surface area contributed by atoms with Crippen LogP contribution in [-0.2, 0) is 12.8 Å². The maximum atomic E-state index is 5.86. The lowest BCUT2D eigenvalue weighted by Crippen LogP contribution is -2.37. The minimum absolute atomic E-state index is 0.708. The molecule has 0 spiro atoms. The lowest BCUT2D eigenvalue weighted by molar-refractivity contribution is 0.802. The third-order valence-electron chi connectivity index (χ3n) is 3.15. The average Bonchev–Trinajstić information content (AvgIpc) is 2.50. The summed E-state index contributed by atoms with van der Waals surface area (Å²) in [4.78, 5) is 0. The summed E-state index contributed by atoms with van der Waals surface area (Å²) < 4.78 is 0. The molecule has 0 atom stereocenters. The summed E-state index contributed by atoms with van der Waals surface area (Å²) in [5.41, 5.74) is 2.56. The Hall–Kier alpha value is -1.58. The second-order valence-electron chi connectivity index (χ2n) is 4.79. The van der Waals surface area contributed by atoms with E-state index in [1.54, 1.807) is 0 Å². The van der Waals surface area contributed by atoms with Gasteiger partial charge in [-0.1, -0.05) is 54.1 Å². The summed E-state index contributed by atoms with van der Waals surface area (Å²) in [6, 6.07) is 18.3. The molecule has 0 saturated carbocycles. The molecule has 0 aromatic heterocycles. The van der Waals surface area contributed by atoms with E-state index in [9.17, 15) is 0 Å². The van der Waals surface area contributed by atoms with Crippen LogP contribution >= 0.6 is 23.8 Å². The predicted octanol–water partition coefficient (Wildman–Crippen LogP) is 3.59. The van der Waals surface area contributed by atoms with Gasteiger partial charge in [-0.3, -0.25) is 0 Å². The fourth-order valence-corrected chi connectivity index (χ4v) is 2.33. The number of nitrogens with one attached hydrogen (secondary N) is 2. The van der Waals surface area contributed by atoms with Crippen molar-refractivity contribution >= 4 is 28.9 Å². The van der Waals surface area contributed by atoms with E-state index < -0.39 is 0 Å². The van der Waals surface area contributed by atoms with Gasteiger partial charge in [-0.25, -0.2) is 0 Å². The van der Waals surface area contributed by atoms with Crippen LogP contribution in [0.5, 0.6) is 0 Å². The Kier molecular flexibility index (Phi) is 6.51. The molecule has 2 N–H and O–H groups in total. The molecule has 2 nitrogen and oxygen atoms in total. The molecule has 0 aliphatic heterocycles. The van der Waals surface area contributed by atoms with Gasteiger partial charge in [0.15, 0.2) is 5.11 Å². The molecule has 0 aliphatic rings. The van der Waals surface area contributed by atoms with Crippen molar-refractivity contribution in [3.05, 3.63) is 70.7 Å². The van der Waals surface area contributed by atoms with Crippen molar-refractivity contribution in [2.24, 2.45) is 0 Å². The Morgan fingerprint density at radius 1 is 0.810 bits per heavy atom. The zero-order valence-electron chi connectivity index (χ0n) is 11.8. The first-order chi connectivity index (χ1) is 10.2.